The first-order chi connectivity index (χ1) is 15.6. The Morgan fingerprint density at radius 1 is 1.06 bits per heavy atom. The van der Waals surface area contributed by atoms with Gasteiger partial charge < -0.3 is 5.11 Å². The Morgan fingerprint density at radius 2 is 1.82 bits per heavy atom. The molecule has 0 amide bonds. The molecule has 4 nitrogen and oxygen atoms in total. The second-order valence-corrected chi connectivity index (χ2v) is 14.0. The van der Waals surface area contributed by atoms with Gasteiger partial charge in [0.05, 0.1) is 18.2 Å². The number of hydrogen-bond acceptors (Lipinski definition) is 4. The van der Waals surface area contributed by atoms with Crippen molar-refractivity contribution in [2.45, 2.75) is 102 Å². The third kappa shape index (κ3) is 2.46. The summed E-state index contributed by atoms with van der Waals surface area (Å²) in [7, 11) is 0. The van der Waals surface area contributed by atoms with Crippen LogP contribution in [-0.2, 0) is 4.79 Å². The van der Waals surface area contributed by atoms with E-state index in [1.54, 1.807) is 0 Å². The molecule has 1 N–H and O–H groups in total. The van der Waals surface area contributed by atoms with Crippen molar-refractivity contribution in [1.82, 2.24) is 4.90 Å². The first kappa shape index (κ1) is 21.3. The summed E-state index contributed by atoms with van der Waals surface area (Å²) >= 11 is 0. The van der Waals surface area contributed by atoms with Crippen LogP contribution in [0.15, 0.2) is 0 Å². The minimum atomic E-state index is -1.12. The van der Waals surface area contributed by atoms with Gasteiger partial charge in [0.15, 0.2) is 5.78 Å². The first-order valence-corrected chi connectivity index (χ1v) is 13.7. The Morgan fingerprint density at radius 3 is 2.55 bits per heavy atom. The predicted molar refractivity (Wildman–Crippen MR) is 122 cm³/mol. The summed E-state index contributed by atoms with van der Waals surface area (Å²) in [5.74, 6) is 2.55. The van der Waals surface area contributed by atoms with Crippen molar-refractivity contribution in [3.8, 4) is 6.07 Å². The maximum absolute atomic E-state index is 16.6. The Hall–Kier alpha value is -0.990. The van der Waals surface area contributed by atoms with E-state index in [2.05, 4.69) is 24.8 Å². The minimum absolute atomic E-state index is 0.000813. The summed E-state index contributed by atoms with van der Waals surface area (Å²) in [5, 5.41) is 20.3. The second-order valence-electron chi connectivity index (χ2n) is 14.0. The number of fused-ring (bicyclic) bond motifs is 6. The highest BCUT2D eigenvalue weighted by atomic mass is 19.1. The molecule has 180 valence electrons. The van der Waals surface area contributed by atoms with E-state index < -0.39 is 11.3 Å². The van der Waals surface area contributed by atoms with Crippen molar-refractivity contribution in [1.29, 1.82) is 5.26 Å². The highest BCUT2D eigenvalue weighted by Gasteiger charge is 2.92. The lowest BCUT2D eigenvalue weighted by atomic mass is 9.48. The number of rotatable bonds is 3. The smallest absolute Gasteiger partial charge is 0.150 e. The van der Waals surface area contributed by atoms with Crippen molar-refractivity contribution in [3.05, 3.63) is 0 Å². The van der Waals surface area contributed by atoms with Crippen LogP contribution in [0.2, 0.25) is 0 Å². The lowest BCUT2D eigenvalue weighted by Gasteiger charge is -2.59. The van der Waals surface area contributed by atoms with Crippen LogP contribution in [0, 0.1) is 63.6 Å². The van der Waals surface area contributed by atoms with Crippen molar-refractivity contribution in [3.63, 3.8) is 0 Å². The molecule has 0 aromatic carbocycles. The third-order valence-corrected chi connectivity index (χ3v) is 12.8. The Kier molecular flexibility index (Phi) is 4.02. The molecular weight excluding hydrogens is 415 g/mol. The number of aliphatic hydroxyl groups is 1. The Bertz CT molecular complexity index is 960. The van der Waals surface area contributed by atoms with E-state index in [1.165, 1.54) is 0 Å². The number of carbonyl (C=O) groups excluding carboxylic acids is 1. The minimum Gasteiger partial charge on any atom is -0.390 e. The predicted octanol–water partition coefficient (Wildman–Crippen LogP) is 4.51. The number of hydrogen-bond donors (Lipinski definition) is 1. The molecule has 2 unspecified atom stereocenters. The van der Waals surface area contributed by atoms with Gasteiger partial charge in [0.1, 0.15) is 11.7 Å². The van der Waals surface area contributed by atoms with Gasteiger partial charge in [-0.1, -0.05) is 13.8 Å². The van der Waals surface area contributed by atoms with Crippen molar-refractivity contribution < 1.29 is 14.3 Å². The van der Waals surface area contributed by atoms with Gasteiger partial charge in [0, 0.05) is 12.0 Å². The topological polar surface area (TPSA) is 64.3 Å². The number of ketones is 1. The zero-order valence-electron chi connectivity index (χ0n) is 20.4. The lowest BCUT2D eigenvalue weighted by Crippen LogP contribution is -2.58. The number of nitrogens with zero attached hydrogens (tertiary/aromatic N) is 2. The average molecular weight is 455 g/mol. The van der Waals surface area contributed by atoms with Gasteiger partial charge in [-0.25, -0.2) is 4.39 Å². The van der Waals surface area contributed by atoms with E-state index in [1.807, 2.05) is 6.92 Å². The summed E-state index contributed by atoms with van der Waals surface area (Å²) in [6, 6.07) is 2.92. The van der Waals surface area contributed by atoms with E-state index in [0.717, 1.165) is 38.5 Å². The lowest BCUT2D eigenvalue weighted by molar-refractivity contribution is -0.166. The second kappa shape index (κ2) is 6.22. The van der Waals surface area contributed by atoms with Crippen LogP contribution in [0.5, 0.6) is 0 Å². The molecule has 8 aliphatic rings. The van der Waals surface area contributed by atoms with Gasteiger partial charge in [0.25, 0.3) is 0 Å². The number of carbonyl (C=O) groups is 1. The standard InChI is InChI=1S/C28H39FN2O2/c1-25(33)10-11-28(29)15(12-25)4-5-16-17-6-7-19(26(17,2)9-8-18(16)28)21(32)14-31-20(13-30)22-23-24(31)27(22,23)3/h15-20,22-24,33H,4-12,14H2,1-3H3/t15-,16+,17+,18?,19-,20+,22?,23-,24+,25-,26+,27-,28-/m1/s1. The highest BCUT2D eigenvalue weighted by molar-refractivity contribution is 5.84. The molecule has 8 rings (SSSR count). The Labute approximate surface area is 197 Å². The molecule has 33 heavy (non-hydrogen) atoms. The number of alkyl halides is 1. The summed E-state index contributed by atoms with van der Waals surface area (Å²) < 4.78 is 16.6. The summed E-state index contributed by atoms with van der Waals surface area (Å²) in [4.78, 5) is 15.9. The molecule has 2 bridgehead atoms. The molecule has 0 spiro atoms. The van der Waals surface area contributed by atoms with Gasteiger partial charge in [-0.05, 0) is 111 Å². The normalized spacial score (nSPS) is 62.5. The third-order valence-electron chi connectivity index (χ3n) is 12.8. The van der Waals surface area contributed by atoms with Crippen LogP contribution in [0.3, 0.4) is 0 Å². The van der Waals surface area contributed by atoms with E-state index in [0.29, 0.717) is 66.7 Å². The molecule has 5 heteroatoms. The van der Waals surface area contributed by atoms with Gasteiger partial charge in [0.2, 0.25) is 0 Å². The van der Waals surface area contributed by atoms with Crippen molar-refractivity contribution >= 4 is 5.78 Å². The summed E-state index contributed by atoms with van der Waals surface area (Å²) in [6.45, 7) is 6.97. The van der Waals surface area contributed by atoms with Gasteiger partial charge >= 0.3 is 0 Å². The van der Waals surface area contributed by atoms with Crippen LogP contribution in [0.4, 0.5) is 4.39 Å². The van der Waals surface area contributed by atoms with Crippen LogP contribution < -0.4 is 0 Å². The molecule has 2 saturated heterocycles. The highest BCUT2D eigenvalue weighted by Crippen LogP contribution is 2.87. The van der Waals surface area contributed by atoms with Crippen molar-refractivity contribution in [2.24, 2.45) is 52.3 Å². The van der Waals surface area contributed by atoms with E-state index >= 15 is 4.39 Å². The van der Waals surface area contributed by atoms with Crippen molar-refractivity contribution in [2.75, 3.05) is 6.54 Å². The molecule has 13 atom stereocenters. The maximum atomic E-state index is 16.6. The molecule has 6 aliphatic carbocycles. The van der Waals surface area contributed by atoms with Crippen LogP contribution in [-0.4, -0.2) is 45.7 Å². The average Bonchev–Trinajstić information content (AvgIpc) is 3.33. The van der Waals surface area contributed by atoms with Gasteiger partial charge in [-0.15, -0.1) is 0 Å². The fourth-order valence-electron chi connectivity index (χ4n) is 11.0. The molecule has 0 radical (unpaired) electrons. The monoisotopic (exact) mass is 454 g/mol. The maximum Gasteiger partial charge on any atom is 0.150 e. The number of halogens is 1. The largest absolute Gasteiger partial charge is 0.390 e. The molecular formula is C28H39FN2O2. The SMILES string of the molecule is C[C@@]1(O)CC[C@]2(F)C3CC[C@]4(C)[C@@H](C(=O)CN5[C@H]6[C@H]7C([C@@H]5C#N)[C@]76C)CC[C@H]4[C@@H]3CC[C@@H]2C1. The van der Waals surface area contributed by atoms with Gasteiger partial charge in [-0.2, -0.15) is 5.26 Å². The van der Waals surface area contributed by atoms with E-state index in [9.17, 15) is 15.2 Å². The molecule has 8 fully saturated rings. The van der Waals surface area contributed by atoms with Crippen LogP contribution in [0.1, 0.15) is 78.6 Å². The van der Waals surface area contributed by atoms with Crippen LogP contribution >= 0.6 is 0 Å². The number of Topliss-reactive ketones (excluding diaryl/α,β-unsaturated/α-hetero) is 1. The molecule has 2 aliphatic heterocycles. The molecule has 0 aromatic rings. The zero-order valence-corrected chi connectivity index (χ0v) is 20.4. The molecule has 0 aromatic heterocycles. The summed E-state index contributed by atoms with van der Waals surface area (Å²) in [6.07, 6.45) is 7.48. The van der Waals surface area contributed by atoms with Gasteiger partial charge in [-0.3, -0.25) is 9.69 Å². The van der Waals surface area contributed by atoms with E-state index in [-0.39, 0.29) is 29.2 Å². The number of piperidine rings is 1. The Balaban J connectivity index is 1.09. The fourth-order valence-corrected chi connectivity index (χ4v) is 11.0. The first-order valence-electron chi connectivity index (χ1n) is 13.7. The summed E-state index contributed by atoms with van der Waals surface area (Å²) in [5.41, 5.74) is -1.51. The zero-order chi connectivity index (χ0) is 23.1. The fraction of sp³-hybridized carbons (Fsp3) is 0.929. The molecule has 6 saturated carbocycles. The molecule has 2 heterocycles. The van der Waals surface area contributed by atoms with Crippen LogP contribution in [0.25, 0.3) is 0 Å². The quantitative estimate of drug-likeness (QED) is 0.682. The van der Waals surface area contributed by atoms with E-state index in [4.69, 9.17) is 0 Å². The number of nitriles is 1.